The summed E-state index contributed by atoms with van der Waals surface area (Å²) < 4.78 is 10.0. The van der Waals surface area contributed by atoms with Crippen molar-refractivity contribution in [2.75, 3.05) is 25.6 Å². The normalized spacial score (nSPS) is 10.4. The lowest BCUT2D eigenvalue weighted by Gasteiger charge is -2.09. The van der Waals surface area contributed by atoms with Crippen molar-refractivity contribution in [2.45, 2.75) is 13.3 Å². The number of hydrogen-bond acceptors (Lipinski definition) is 6. The van der Waals surface area contributed by atoms with Crippen molar-refractivity contribution >= 4 is 28.1 Å². The van der Waals surface area contributed by atoms with Gasteiger partial charge in [-0.2, -0.15) is 0 Å². The Bertz CT molecular complexity index is 598. The van der Waals surface area contributed by atoms with Gasteiger partial charge in [0.25, 0.3) is 0 Å². The Hall–Kier alpha value is -1.92. The van der Waals surface area contributed by atoms with Crippen molar-refractivity contribution in [1.29, 1.82) is 0 Å². The van der Waals surface area contributed by atoms with Crippen LogP contribution in [0.15, 0.2) is 29.6 Å². The van der Waals surface area contributed by atoms with Gasteiger partial charge in [0.2, 0.25) is 0 Å². The molecule has 6 heteroatoms. The molecule has 0 aliphatic heterocycles. The predicted molar refractivity (Wildman–Crippen MR) is 83.4 cm³/mol. The molecule has 0 unspecified atom stereocenters. The standard InChI is InChI=1S/C15H18N2O3S/c1-3-20-14(18)13-10-21-15(17-13)16-12-7-5-4-6-11(12)8-9-19-2/h4-7,10H,3,8-9H2,1-2H3,(H,16,17). The first kappa shape index (κ1) is 15.5. The van der Waals surface area contributed by atoms with Crippen LogP contribution in [-0.4, -0.2) is 31.3 Å². The minimum absolute atomic E-state index is 0.332. The number of para-hydroxylation sites is 1. The summed E-state index contributed by atoms with van der Waals surface area (Å²) >= 11 is 1.38. The molecule has 1 aromatic carbocycles. The molecule has 2 rings (SSSR count). The number of ether oxygens (including phenoxy) is 2. The SMILES string of the molecule is CCOC(=O)c1csc(Nc2ccccc2CCOC)n1. The molecule has 0 fully saturated rings. The van der Waals surface area contributed by atoms with Gasteiger partial charge in [-0.25, -0.2) is 9.78 Å². The van der Waals surface area contributed by atoms with Gasteiger partial charge in [0.1, 0.15) is 0 Å². The first-order chi connectivity index (χ1) is 10.2. The van der Waals surface area contributed by atoms with Crippen LogP contribution >= 0.6 is 11.3 Å². The Kier molecular flexibility index (Phi) is 5.71. The van der Waals surface area contributed by atoms with Gasteiger partial charge in [-0.15, -0.1) is 11.3 Å². The van der Waals surface area contributed by atoms with Crippen LogP contribution in [0.5, 0.6) is 0 Å². The maximum atomic E-state index is 11.6. The third-order valence-corrected chi connectivity index (χ3v) is 3.58. The quantitative estimate of drug-likeness (QED) is 0.796. The van der Waals surface area contributed by atoms with Gasteiger partial charge in [0, 0.05) is 18.2 Å². The Morgan fingerprint density at radius 1 is 1.38 bits per heavy atom. The van der Waals surface area contributed by atoms with Crippen LogP contribution in [0.25, 0.3) is 0 Å². The number of thiazole rings is 1. The van der Waals surface area contributed by atoms with Gasteiger partial charge in [-0.3, -0.25) is 0 Å². The zero-order valence-electron chi connectivity index (χ0n) is 12.1. The number of esters is 1. The number of anilines is 2. The first-order valence-corrected chi connectivity index (χ1v) is 7.59. The highest BCUT2D eigenvalue weighted by atomic mass is 32.1. The van der Waals surface area contributed by atoms with E-state index in [0.29, 0.717) is 24.0 Å². The average molecular weight is 306 g/mol. The molecule has 0 atom stereocenters. The van der Waals surface area contributed by atoms with E-state index in [9.17, 15) is 4.79 Å². The van der Waals surface area contributed by atoms with E-state index in [4.69, 9.17) is 9.47 Å². The molecule has 1 heterocycles. The summed E-state index contributed by atoms with van der Waals surface area (Å²) in [6.07, 6.45) is 0.815. The van der Waals surface area contributed by atoms with E-state index in [1.54, 1.807) is 19.4 Å². The molecule has 0 aliphatic rings. The van der Waals surface area contributed by atoms with Crippen LogP contribution in [0, 0.1) is 0 Å². The number of aromatic nitrogens is 1. The molecule has 0 saturated carbocycles. The first-order valence-electron chi connectivity index (χ1n) is 6.71. The van der Waals surface area contributed by atoms with E-state index < -0.39 is 5.97 Å². The van der Waals surface area contributed by atoms with Crippen molar-refractivity contribution in [3.05, 3.63) is 40.9 Å². The number of rotatable bonds is 7. The van der Waals surface area contributed by atoms with Crippen LogP contribution < -0.4 is 5.32 Å². The fourth-order valence-electron chi connectivity index (χ4n) is 1.82. The number of carbonyl (C=O) groups excluding carboxylic acids is 1. The zero-order valence-corrected chi connectivity index (χ0v) is 12.9. The third kappa shape index (κ3) is 4.27. The van der Waals surface area contributed by atoms with Gasteiger partial charge in [-0.05, 0) is 25.0 Å². The number of benzene rings is 1. The second-order valence-electron chi connectivity index (χ2n) is 4.28. The summed E-state index contributed by atoms with van der Waals surface area (Å²) in [6.45, 7) is 2.78. The van der Waals surface area contributed by atoms with Crippen LogP contribution in [0.2, 0.25) is 0 Å². The van der Waals surface area contributed by atoms with Crippen molar-refractivity contribution in [2.24, 2.45) is 0 Å². The zero-order chi connectivity index (χ0) is 15.1. The largest absolute Gasteiger partial charge is 0.461 e. The number of nitrogens with zero attached hydrogens (tertiary/aromatic N) is 1. The third-order valence-electron chi connectivity index (χ3n) is 2.82. The topological polar surface area (TPSA) is 60.5 Å². The van der Waals surface area contributed by atoms with Crippen LogP contribution in [-0.2, 0) is 15.9 Å². The van der Waals surface area contributed by atoms with Crippen LogP contribution in [0.4, 0.5) is 10.8 Å². The summed E-state index contributed by atoms with van der Waals surface area (Å²) in [6, 6.07) is 7.97. The molecule has 1 aromatic heterocycles. The summed E-state index contributed by atoms with van der Waals surface area (Å²) in [4.78, 5) is 15.8. The van der Waals surface area contributed by atoms with Crippen LogP contribution in [0.3, 0.4) is 0 Å². The molecule has 1 N–H and O–H groups in total. The predicted octanol–water partition coefficient (Wildman–Crippen LogP) is 3.25. The van der Waals surface area contributed by atoms with Crippen LogP contribution in [0.1, 0.15) is 23.0 Å². The molecule has 0 bridgehead atoms. The number of carbonyl (C=O) groups is 1. The minimum atomic E-state index is -0.394. The lowest BCUT2D eigenvalue weighted by molar-refractivity contribution is 0.0520. The second kappa shape index (κ2) is 7.75. The Balaban J connectivity index is 2.10. The van der Waals surface area contributed by atoms with Gasteiger partial charge >= 0.3 is 5.97 Å². The highest BCUT2D eigenvalue weighted by Crippen LogP contribution is 2.24. The van der Waals surface area contributed by atoms with E-state index >= 15 is 0 Å². The fourth-order valence-corrected chi connectivity index (χ4v) is 2.51. The molecule has 5 nitrogen and oxygen atoms in total. The monoisotopic (exact) mass is 306 g/mol. The van der Waals surface area contributed by atoms with Gasteiger partial charge in [-0.1, -0.05) is 18.2 Å². The summed E-state index contributed by atoms with van der Waals surface area (Å²) in [5, 5.41) is 5.60. The average Bonchev–Trinajstić information content (AvgIpc) is 2.95. The lowest BCUT2D eigenvalue weighted by Crippen LogP contribution is -2.05. The number of nitrogens with one attached hydrogen (secondary N) is 1. The molecule has 0 radical (unpaired) electrons. The molecule has 0 aliphatic carbocycles. The maximum Gasteiger partial charge on any atom is 0.357 e. The molecule has 112 valence electrons. The van der Waals surface area contributed by atoms with Crippen molar-refractivity contribution < 1.29 is 14.3 Å². The summed E-state index contributed by atoms with van der Waals surface area (Å²) in [7, 11) is 1.68. The fraction of sp³-hybridized carbons (Fsp3) is 0.333. The molecular formula is C15H18N2O3S. The van der Waals surface area contributed by atoms with E-state index in [0.717, 1.165) is 17.7 Å². The highest BCUT2D eigenvalue weighted by molar-refractivity contribution is 7.14. The van der Waals surface area contributed by atoms with E-state index in [1.807, 2.05) is 24.3 Å². The van der Waals surface area contributed by atoms with Gasteiger partial charge < -0.3 is 14.8 Å². The summed E-state index contributed by atoms with van der Waals surface area (Å²) in [5.74, 6) is -0.394. The van der Waals surface area contributed by atoms with Gasteiger partial charge in [0.15, 0.2) is 10.8 Å². The molecule has 0 saturated heterocycles. The minimum Gasteiger partial charge on any atom is -0.461 e. The second-order valence-corrected chi connectivity index (χ2v) is 5.14. The highest BCUT2D eigenvalue weighted by Gasteiger charge is 2.12. The van der Waals surface area contributed by atoms with Crippen molar-refractivity contribution in [1.82, 2.24) is 4.98 Å². The van der Waals surface area contributed by atoms with E-state index in [-0.39, 0.29) is 0 Å². The molecule has 2 aromatic rings. The smallest absolute Gasteiger partial charge is 0.357 e. The van der Waals surface area contributed by atoms with Gasteiger partial charge in [0.05, 0.1) is 13.2 Å². The van der Waals surface area contributed by atoms with Crippen molar-refractivity contribution in [3.8, 4) is 0 Å². The summed E-state index contributed by atoms with van der Waals surface area (Å²) in [5.41, 5.74) is 2.45. The van der Waals surface area contributed by atoms with E-state index in [2.05, 4.69) is 10.3 Å². The maximum absolute atomic E-state index is 11.6. The van der Waals surface area contributed by atoms with E-state index in [1.165, 1.54) is 11.3 Å². The molecular weight excluding hydrogens is 288 g/mol. The Morgan fingerprint density at radius 2 is 2.19 bits per heavy atom. The number of methoxy groups -OCH3 is 1. The van der Waals surface area contributed by atoms with Crippen molar-refractivity contribution in [3.63, 3.8) is 0 Å². The number of hydrogen-bond donors (Lipinski definition) is 1. The molecule has 0 amide bonds. The lowest BCUT2D eigenvalue weighted by atomic mass is 10.1. The molecule has 21 heavy (non-hydrogen) atoms. The Labute approximate surface area is 127 Å². The molecule has 0 spiro atoms. The Morgan fingerprint density at radius 3 is 2.95 bits per heavy atom.